The lowest BCUT2D eigenvalue weighted by atomic mass is 10.1. The van der Waals surface area contributed by atoms with Crippen LogP contribution < -0.4 is 19.5 Å². The summed E-state index contributed by atoms with van der Waals surface area (Å²) in [6.45, 7) is 2.18. The molecule has 1 aliphatic heterocycles. The molecular weight excluding hydrogens is 428 g/mol. The molecule has 2 heterocycles. The number of hydrogen-bond acceptors (Lipinski definition) is 9. The molecule has 1 aliphatic rings. The third kappa shape index (κ3) is 4.52. The second-order valence-corrected chi connectivity index (χ2v) is 8.33. The minimum atomic E-state index is -0.615. The maximum absolute atomic E-state index is 10.3. The summed E-state index contributed by atoms with van der Waals surface area (Å²) < 4.78 is 16.9. The van der Waals surface area contributed by atoms with Crippen molar-refractivity contribution in [2.75, 3.05) is 25.3 Å². The van der Waals surface area contributed by atoms with Crippen LogP contribution in [0, 0.1) is 0 Å². The maximum atomic E-state index is 10.3. The second-order valence-electron chi connectivity index (χ2n) is 7.27. The third-order valence-corrected chi connectivity index (χ3v) is 6.04. The largest absolute Gasteiger partial charge is 0.502 e. The normalized spacial score (nSPS) is 14.4. The molecule has 168 valence electrons. The van der Waals surface area contributed by atoms with Crippen molar-refractivity contribution in [1.82, 2.24) is 15.2 Å². The highest BCUT2D eigenvalue weighted by molar-refractivity contribution is 7.99. The molecule has 0 radical (unpaired) electrons. The number of rotatable bonds is 8. The Kier molecular flexibility index (Phi) is 6.84. The second kappa shape index (κ2) is 9.95. The molecule has 2 N–H and O–H groups in total. The highest BCUT2D eigenvalue weighted by Gasteiger charge is 2.27. The fourth-order valence-electron chi connectivity index (χ4n) is 3.44. The topological polar surface area (TPSA) is 98.6 Å². The minimum absolute atomic E-state index is 0.0667. The number of phenols is 1. The van der Waals surface area contributed by atoms with Gasteiger partial charge in [0.2, 0.25) is 16.8 Å². The van der Waals surface area contributed by atoms with Gasteiger partial charge in [-0.2, -0.15) is 4.98 Å². The number of benzene rings is 2. The van der Waals surface area contributed by atoms with E-state index in [0.29, 0.717) is 22.3 Å². The molecule has 0 fully saturated rings. The molecule has 0 saturated heterocycles. The van der Waals surface area contributed by atoms with Gasteiger partial charge in [-0.3, -0.25) is 0 Å². The molecule has 0 amide bonds. The van der Waals surface area contributed by atoms with E-state index >= 15 is 0 Å². The summed E-state index contributed by atoms with van der Waals surface area (Å²) in [4.78, 5) is 4.66. The molecule has 1 aromatic heterocycles. The lowest BCUT2D eigenvalue weighted by Gasteiger charge is -2.21. The molecule has 0 bridgehead atoms. The molecule has 4 rings (SSSR count). The van der Waals surface area contributed by atoms with Crippen LogP contribution in [0.5, 0.6) is 23.1 Å². The predicted molar refractivity (Wildman–Crippen MR) is 124 cm³/mol. The number of hydrogen-bond donors (Lipinski definition) is 2. The summed E-state index contributed by atoms with van der Waals surface area (Å²) in [6.07, 6.45) is 2.82. The van der Waals surface area contributed by atoms with E-state index in [0.717, 1.165) is 29.8 Å². The molecule has 0 spiro atoms. The van der Waals surface area contributed by atoms with Crippen LogP contribution in [0.15, 0.2) is 41.6 Å². The molecule has 32 heavy (non-hydrogen) atoms. The monoisotopic (exact) mass is 454 g/mol. The average Bonchev–Trinajstić information content (AvgIpc) is 2.98. The summed E-state index contributed by atoms with van der Waals surface area (Å²) in [5, 5.41) is 23.0. The Morgan fingerprint density at radius 2 is 1.84 bits per heavy atom. The zero-order valence-electron chi connectivity index (χ0n) is 18.3. The van der Waals surface area contributed by atoms with Crippen molar-refractivity contribution in [3.63, 3.8) is 0 Å². The number of aromatic hydroxyl groups is 1. The SMILES string of the molecule is CCCCCSc1nnc2c(n1)O[C@@H](c1cc(OC)c(O)c(OC)c1)Nc1ccccc1-2. The fraction of sp³-hybridized carbons (Fsp3) is 0.348. The summed E-state index contributed by atoms with van der Waals surface area (Å²) >= 11 is 1.57. The van der Waals surface area contributed by atoms with Gasteiger partial charge in [0.05, 0.1) is 14.2 Å². The average molecular weight is 455 g/mol. The number of nitrogens with one attached hydrogen (secondary N) is 1. The van der Waals surface area contributed by atoms with Crippen molar-refractivity contribution in [1.29, 1.82) is 0 Å². The maximum Gasteiger partial charge on any atom is 0.247 e. The van der Waals surface area contributed by atoms with Gasteiger partial charge in [0.15, 0.2) is 23.4 Å². The van der Waals surface area contributed by atoms with Crippen LogP contribution in [0.2, 0.25) is 0 Å². The molecule has 0 saturated carbocycles. The van der Waals surface area contributed by atoms with Gasteiger partial charge in [0.25, 0.3) is 0 Å². The van der Waals surface area contributed by atoms with E-state index in [-0.39, 0.29) is 17.2 Å². The zero-order chi connectivity index (χ0) is 22.5. The lowest BCUT2D eigenvalue weighted by Crippen LogP contribution is -2.17. The first-order chi connectivity index (χ1) is 15.6. The Morgan fingerprint density at radius 3 is 2.56 bits per heavy atom. The van der Waals surface area contributed by atoms with Crippen LogP contribution in [-0.4, -0.2) is 40.3 Å². The van der Waals surface area contributed by atoms with E-state index in [4.69, 9.17) is 14.2 Å². The third-order valence-electron chi connectivity index (χ3n) is 5.12. The number of fused-ring (bicyclic) bond motifs is 3. The van der Waals surface area contributed by atoms with E-state index in [1.807, 2.05) is 24.3 Å². The van der Waals surface area contributed by atoms with Gasteiger partial charge in [0, 0.05) is 22.6 Å². The van der Waals surface area contributed by atoms with E-state index in [1.54, 1.807) is 23.9 Å². The standard InChI is InChI=1S/C23H26N4O4S/c1-4-5-8-11-32-23-25-22-19(26-27-23)15-9-6-7-10-16(15)24-21(31-22)14-12-17(29-2)20(28)18(13-14)30-3/h6-7,9-10,12-13,21,24,28H,4-5,8,11H2,1-3H3/t21-/m0/s1. The summed E-state index contributed by atoms with van der Waals surface area (Å²) in [5.41, 5.74) is 2.97. The Labute approximate surface area is 191 Å². The molecule has 0 aliphatic carbocycles. The number of nitrogens with zero attached hydrogens (tertiary/aromatic N) is 3. The summed E-state index contributed by atoms with van der Waals surface area (Å²) in [6, 6.07) is 11.2. The number of aromatic nitrogens is 3. The van der Waals surface area contributed by atoms with Crippen molar-refractivity contribution in [3.05, 3.63) is 42.0 Å². The van der Waals surface area contributed by atoms with Gasteiger partial charge in [0.1, 0.15) is 0 Å². The number of phenolic OH excluding ortho intramolecular Hbond substituents is 1. The van der Waals surface area contributed by atoms with Crippen LogP contribution in [0.3, 0.4) is 0 Å². The van der Waals surface area contributed by atoms with Crippen molar-refractivity contribution in [2.24, 2.45) is 0 Å². The van der Waals surface area contributed by atoms with Crippen LogP contribution >= 0.6 is 11.8 Å². The molecule has 8 nitrogen and oxygen atoms in total. The van der Waals surface area contributed by atoms with Crippen molar-refractivity contribution < 1.29 is 19.3 Å². The first-order valence-electron chi connectivity index (χ1n) is 10.5. The van der Waals surface area contributed by atoms with Crippen LogP contribution in [-0.2, 0) is 0 Å². The Balaban J connectivity index is 1.73. The number of unbranched alkanes of at least 4 members (excludes halogenated alkanes) is 2. The number of anilines is 1. The van der Waals surface area contributed by atoms with Crippen LogP contribution in [0.4, 0.5) is 5.69 Å². The molecule has 0 unspecified atom stereocenters. The lowest BCUT2D eigenvalue weighted by molar-refractivity contribution is 0.223. The van der Waals surface area contributed by atoms with Gasteiger partial charge in [-0.05, 0) is 24.6 Å². The van der Waals surface area contributed by atoms with E-state index in [2.05, 4.69) is 27.4 Å². The highest BCUT2D eigenvalue weighted by atomic mass is 32.2. The van der Waals surface area contributed by atoms with Crippen molar-refractivity contribution in [2.45, 2.75) is 37.6 Å². The van der Waals surface area contributed by atoms with E-state index < -0.39 is 6.23 Å². The van der Waals surface area contributed by atoms with Gasteiger partial charge in [-0.25, -0.2) is 0 Å². The molecule has 1 atom stereocenters. The van der Waals surface area contributed by atoms with Crippen molar-refractivity contribution in [3.8, 4) is 34.4 Å². The van der Waals surface area contributed by atoms with Gasteiger partial charge in [-0.1, -0.05) is 49.7 Å². The van der Waals surface area contributed by atoms with Crippen molar-refractivity contribution >= 4 is 17.4 Å². The Morgan fingerprint density at radius 1 is 1.09 bits per heavy atom. The van der Waals surface area contributed by atoms with Gasteiger partial charge in [-0.15, -0.1) is 10.2 Å². The fourth-order valence-corrected chi connectivity index (χ4v) is 4.22. The van der Waals surface area contributed by atoms with Gasteiger partial charge < -0.3 is 24.6 Å². The number of para-hydroxylation sites is 1. The van der Waals surface area contributed by atoms with Crippen LogP contribution in [0.1, 0.15) is 38.0 Å². The first kappa shape index (κ1) is 22.0. The highest BCUT2D eigenvalue weighted by Crippen LogP contribution is 2.43. The number of methoxy groups -OCH3 is 2. The molecule has 3 aromatic rings. The molecule has 2 aromatic carbocycles. The quantitative estimate of drug-likeness (QED) is 0.358. The molecule has 9 heteroatoms. The smallest absolute Gasteiger partial charge is 0.247 e. The Hall–Kier alpha value is -3.20. The zero-order valence-corrected chi connectivity index (χ0v) is 19.1. The van der Waals surface area contributed by atoms with Gasteiger partial charge >= 0.3 is 0 Å². The van der Waals surface area contributed by atoms with Crippen LogP contribution in [0.25, 0.3) is 11.3 Å². The summed E-state index contributed by atoms with van der Waals surface area (Å²) in [5.74, 6) is 1.83. The number of thioether (sulfide) groups is 1. The van der Waals surface area contributed by atoms with E-state index in [1.165, 1.54) is 20.6 Å². The van der Waals surface area contributed by atoms with E-state index in [9.17, 15) is 5.11 Å². The number of ether oxygens (including phenoxy) is 3. The molecular formula is C23H26N4O4S. The first-order valence-corrected chi connectivity index (χ1v) is 11.5. The Bertz CT molecular complexity index is 1070. The minimum Gasteiger partial charge on any atom is -0.502 e. The summed E-state index contributed by atoms with van der Waals surface area (Å²) in [7, 11) is 2.98. The predicted octanol–water partition coefficient (Wildman–Crippen LogP) is 5.05.